The van der Waals surface area contributed by atoms with Crippen molar-refractivity contribution in [2.45, 2.75) is 18.8 Å². The van der Waals surface area contributed by atoms with Gasteiger partial charge in [0, 0.05) is 40.8 Å². The number of imide groups is 1. The van der Waals surface area contributed by atoms with Crippen LogP contribution in [0, 0.1) is 17.8 Å². The van der Waals surface area contributed by atoms with Crippen LogP contribution in [0.1, 0.15) is 24.3 Å². The summed E-state index contributed by atoms with van der Waals surface area (Å²) >= 11 is 3.18. The van der Waals surface area contributed by atoms with E-state index in [9.17, 15) is 24.3 Å². The first-order valence-electron chi connectivity index (χ1n) is 10.5. The number of carbonyl (C=O) groups is 4. The molecule has 5 rings (SSSR count). The third-order valence-electron chi connectivity index (χ3n) is 7.01. The molecule has 33 heavy (non-hydrogen) atoms. The average Bonchev–Trinajstić information content (AvgIpc) is 3.09. The number of fused-ring (bicyclic) bond motifs is 3. The van der Waals surface area contributed by atoms with Crippen molar-refractivity contribution >= 4 is 39.3 Å². The fraction of sp³-hybridized carbons (Fsp3) is 0.333. The van der Waals surface area contributed by atoms with E-state index >= 15 is 0 Å². The van der Waals surface area contributed by atoms with Crippen molar-refractivity contribution in [3.8, 4) is 17.2 Å². The van der Waals surface area contributed by atoms with E-state index in [-0.39, 0.29) is 56.9 Å². The highest BCUT2D eigenvalue weighted by atomic mass is 79.9. The normalized spacial score (nSPS) is 28.5. The van der Waals surface area contributed by atoms with Gasteiger partial charge in [-0.3, -0.25) is 24.5 Å². The second-order valence-electron chi connectivity index (χ2n) is 8.51. The van der Waals surface area contributed by atoms with Gasteiger partial charge in [-0.25, -0.2) is 0 Å². The van der Waals surface area contributed by atoms with Crippen LogP contribution in [0.3, 0.4) is 0 Å². The van der Waals surface area contributed by atoms with E-state index in [0.29, 0.717) is 17.7 Å². The van der Waals surface area contributed by atoms with Crippen molar-refractivity contribution in [2.24, 2.45) is 17.8 Å². The lowest BCUT2D eigenvalue weighted by Crippen LogP contribution is -2.39. The average molecular weight is 514 g/mol. The quantitative estimate of drug-likeness (QED) is 0.362. The van der Waals surface area contributed by atoms with Gasteiger partial charge in [-0.15, -0.1) is 0 Å². The standard InChI is InChI=1S/C24H20BrNO7/c1-32-9-5-15(27)21(17(6-9)33-2)20-10-3-4-11-18(24(31)26-23(11)30)12(10)7-13-19(20)16(28)8-14(25)22(13)29/h3,5-6,8,11-12,18,20,27H,4,7H2,1-2H3,(H,26,30,31)/t11-,12+,18-,20-/m0/s1. The van der Waals surface area contributed by atoms with Crippen molar-refractivity contribution in [1.29, 1.82) is 0 Å². The predicted molar refractivity (Wildman–Crippen MR) is 119 cm³/mol. The van der Waals surface area contributed by atoms with Gasteiger partial charge in [-0.1, -0.05) is 11.6 Å². The maximum absolute atomic E-state index is 13.2. The molecule has 0 bridgehead atoms. The molecule has 0 saturated carbocycles. The van der Waals surface area contributed by atoms with Gasteiger partial charge in [0.1, 0.15) is 17.2 Å². The van der Waals surface area contributed by atoms with Gasteiger partial charge in [0.05, 0.1) is 30.5 Å². The van der Waals surface area contributed by atoms with E-state index < -0.39 is 23.7 Å². The summed E-state index contributed by atoms with van der Waals surface area (Å²) in [5, 5.41) is 13.4. The van der Waals surface area contributed by atoms with Crippen LogP contribution in [0.15, 0.2) is 45.5 Å². The molecule has 1 aliphatic heterocycles. The van der Waals surface area contributed by atoms with Crippen LogP contribution in [0.5, 0.6) is 17.2 Å². The van der Waals surface area contributed by atoms with Gasteiger partial charge in [0.2, 0.25) is 11.8 Å². The number of allylic oxidation sites excluding steroid dienone is 6. The summed E-state index contributed by atoms with van der Waals surface area (Å²) in [6.45, 7) is 0. The van der Waals surface area contributed by atoms with Gasteiger partial charge in [0.15, 0.2) is 11.6 Å². The number of rotatable bonds is 3. The highest BCUT2D eigenvalue weighted by Crippen LogP contribution is 2.57. The molecule has 2 N–H and O–H groups in total. The topological polar surface area (TPSA) is 119 Å². The Morgan fingerprint density at radius 3 is 2.52 bits per heavy atom. The van der Waals surface area contributed by atoms with Gasteiger partial charge in [-0.05, 0) is 34.7 Å². The lowest BCUT2D eigenvalue weighted by atomic mass is 9.59. The molecule has 1 fully saturated rings. The summed E-state index contributed by atoms with van der Waals surface area (Å²) in [5.41, 5.74) is 1.59. The van der Waals surface area contributed by atoms with Gasteiger partial charge < -0.3 is 14.6 Å². The first-order valence-corrected chi connectivity index (χ1v) is 11.2. The minimum Gasteiger partial charge on any atom is -0.507 e. The fourth-order valence-corrected chi connectivity index (χ4v) is 6.06. The molecule has 0 aromatic heterocycles. The van der Waals surface area contributed by atoms with Crippen LogP contribution in [0.25, 0.3) is 0 Å². The zero-order chi connectivity index (χ0) is 23.6. The minimum atomic E-state index is -0.808. The summed E-state index contributed by atoms with van der Waals surface area (Å²) in [6.07, 6.45) is 3.59. The lowest BCUT2D eigenvalue weighted by Gasteiger charge is -2.42. The van der Waals surface area contributed by atoms with Crippen LogP contribution < -0.4 is 14.8 Å². The molecular weight excluding hydrogens is 494 g/mol. The monoisotopic (exact) mass is 513 g/mol. The van der Waals surface area contributed by atoms with Gasteiger partial charge in [0.25, 0.3) is 0 Å². The zero-order valence-electron chi connectivity index (χ0n) is 17.8. The molecule has 3 aliphatic carbocycles. The van der Waals surface area contributed by atoms with Crippen LogP contribution in [0.2, 0.25) is 0 Å². The number of methoxy groups -OCH3 is 2. The highest BCUT2D eigenvalue weighted by Gasteiger charge is 2.54. The molecule has 4 atom stereocenters. The van der Waals surface area contributed by atoms with Crippen molar-refractivity contribution in [1.82, 2.24) is 5.32 Å². The van der Waals surface area contributed by atoms with E-state index in [1.54, 1.807) is 6.07 Å². The molecule has 1 heterocycles. The second kappa shape index (κ2) is 7.69. The van der Waals surface area contributed by atoms with Gasteiger partial charge in [-0.2, -0.15) is 0 Å². The highest BCUT2D eigenvalue weighted by molar-refractivity contribution is 9.12. The molecule has 1 saturated heterocycles. The van der Waals surface area contributed by atoms with Crippen molar-refractivity contribution in [3.05, 3.63) is 51.0 Å². The first kappa shape index (κ1) is 21.6. The SMILES string of the molecule is COc1cc(O)c([C@H]2C3=CC[C@@H]4C(=O)NC(=O)[C@@H]4[C@@H]3CC3=C2C(=O)C=C(Br)C3=O)c(OC)c1. The molecule has 1 aromatic carbocycles. The number of hydrogen-bond donors (Lipinski definition) is 2. The third kappa shape index (κ3) is 3.09. The number of halogens is 1. The molecule has 8 nitrogen and oxygen atoms in total. The summed E-state index contributed by atoms with van der Waals surface area (Å²) < 4.78 is 10.9. The Kier molecular flexibility index (Phi) is 5.04. The van der Waals surface area contributed by atoms with E-state index in [2.05, 4.69) is 21.2 Å². The Bertz CT molecular complexity index is 1240. The largest absolute Gasteiger partial charge is 0.507 e. The predicted octanol–water partition coefficient (Wildman–Crippen LogP) is 2.46. The van der Waals surface area contributed by atoms with Crippen LogP contribution in [-0.4, -0.2) is 42.7 Å². The molecule has 0 unspecified atom stereocenters. The van der Waals surface area contributed by atoms with Crippen molar-refractivity contribution < 1.29 is 33.8 Å². The second-order valence-corrected chi connectivity index (χ2v) is 9.36. The molecule has 170 valence electrons. The zero-order valence-corrected chi connectivity index (χ0v) is 19.4. The molecule has 0 spiro atoms. The van der Waals surface area contributed by atoms with Crippen molar-refractivity contribution in [3.63, 3.8) is 0 Å². The Balaban J connectivity index is 1.77. The fourth-order valence-electron chi connectivity index (χ4n) is 5.61. The lowest BCUT2D eigenvalue weighted by molar-refractivity contribution is -0.126. The smallest absolute Gasteiger partial charge is 0.231 e. The number of ether oxygens (including phenoxy) is 2. The van der Waals surface area contributed by atoms with E-state index in [1.807, 2.05) is 6.08 Å². The number of benzene rings is 1. The number of Topliss-reactive ketones (excluding diaryl/α,β-unsaturated/α-hetero) is 1. The van der Waals surface area contributed by atoms with Crippen LogP contribution in [0.4, 0.5) is 0 Å². The molecule has 4 aliphatic rings. The maximum Gasteiger partial charge on any atom is 0.231 e. The minimum absolute atomic E-state index is 0.141. The number of phenolic OH excluding ortho intramolecular Hbond substituents is 1. The Labute approximate surface area is 197 Å². The van der Waals surface area contributed by atoms with E-state index in [0.717, 1.165) is 5.57 Å². The summed E-state index contributed by atoms with van der Waals surface area (Å²) in [7, 11) is 2.89. The molecule has 1 aromatic rings. The first-order chi connectivity index (χ1) is 15.8. The van der Waals surface area contributed by atoms with Gasteiger partial charge >= 0.3 is 0 Å². The van der Waals surface area contributed by atoms with Crippen molar-refractivity contribution in [2.75, 3.05) is 14.2 Å². The van der Waals surface area contributed by atoms with Crippen LogP contribution >= 0.6 is 15.9 Å². The summed E-state index contributed by atoms with van der Waals surface area (Å²) in [4.78, 5) is 51.4. The number of nitrogens with one attached hydrogen (secondary N) is 1. The number of carbonyl (C=O) groups excluding carboxylic acids is 4. The van der Waals surface area contributed by atoms with Crippen LogP contribution in [-0.2, 0) is 19.2 Å². The Morgan fingerprint density at radius 2 is 1.82 bits per heavy atom. The number of hydrogen-bond acceptors (Lipinski definition) is 7. The summed E-state index contributed by atoms with van der Waals surface area (Å²) in [5.74, 6) is -3.35. The van der Waals surface area contributed by atoms with E-state index in [4.69, 9.17) is 9.47 Å². The number of aromatic hydroxyl groups is 1. The summed E-state index contributed by atoms with van der Waals surface area (Å²) in [6, 6.07) is 3.01. The Morgan fingerprint density at radius 1 is 1.06 bits per heavy atom. The molecular formula is C24H20BrNO7. The molecule has 2 amide bonds. The Hall–Kier alpha value is -3.20. The number of ketones is 2. The maximum atomic E-state index is 13.2. The third-order valence-corrected chi connectivity index (χ3v) is 7.60. The van der Waals surface area contributed by atoms with E-state index in [1.165, 1.54) is 26.4 Å². The molecule has 0 radical (unpaired) electrons. The molecule has 9 heteroatoms. The number of phenols is 1. The number of amides is 2.